The number of nitrogens with one attached hydrogen (secondary N) is 2. The highest BCUT2D eigenvalue weighted by Gasteiger charge is 2.48. The molecule has 1 aliphatic rings. The third kappa shape index (κ3) is 4.28. The van der Waals surface area contributed by atoms with Crippen molar-refractivity contribution in [3.05, 3.63) is 48.5 Å². The molecule has 2 amide bonds. The lowest BCUT2D eigenvalue weighted by Gasteiger charge is -2.32. The van der Waals surface area contributed by atoms with Crippen molar-refractivity contribution in [2.24, 2.45) is 0 Å². The first-order valence-electron chi connectivity index (χ1n) is 8.72. The number of rotatable bonds is 6. The van der Waals surface area contributed by atoms with Crippen LogP contribution in [0.5, 0.6) is 5.75 Å². The van der Waals surface area contributed by atoms with Gasteiger partial charge in [0.05, 0.1) is 18.0 Å². The number of carbonyl (C=O) groups is 3. The molecule has 0 bridgehead atoms. The molecule has 0 aliphatic carbocycles. The SMILES string of the molecule is CCOC(=O)C1(C)Oc2cc(NC(=O)CSc3ccccc3)ccc2NC1=O. The number of esters is 1. The van der Waals surface area contributed by atoms with E-state index in [1.165, 1.54) is 18.7 Å². The molecule has 0 saturated heterocycles. The van der Waals surface area contributed by atoms with Gasteiger partial charge in [-0.3, -0.25) is 9.59 Å². The number of anilines is 2. The number of benzene rings is 2. The van der Waals surface area contributed by atoms with Gasteiger partial charge in [-0.2, -0.15) is 0 Å². The van der Waals surface area contributed by atoms with Crippen LogP contribution in [0, 0.1) is 0 Å². The van der Waals surface area contributed by atoms with Crippen molar-refractivity contribution >= 4 is 40.9 Å². The van der Waals surface area contributed by atoms with Crippen molar-refractivity contribution in [2.45, 2.75) is 24.3 Å². The van der Waals surface area contributed by atoms with Gasteiger partial charge in [-0.1, -0.05) is 18.2 Å². The summed E-state index contributed by atoms with van der Waals surface area (Å²) in [5.41, 5.74) is -0.863. The first kappa shape index (κ1) is 19.8. The lowest BCUT2D eigenvalue weighted by Crippen LogP contribution is -2.55. The largest absolute Gasteiger partial charge is 0.464 e. The van der Waals surface area contributed by atoms with E-state index in [0.717, 1.165) is 4.90 Å². The van der Waals surface area contributed by atoms with Gasteiger partial charge in [-0.05, 0) is 38.1 Å². The molecule has 28 heavy (non-hydrogen) atoms. The molecule has 0 saturated carbocycles. The molecule has 0 spiro atoms. The highest BCUT2D eigenvalue weighted by atomic mass is 32.2. The number of hydrogen-bond acceptors (Lipinski definition) is 6. The Labute approximate surface area is 166 Å². The molecule has 1 aliphatic heterocycles. The van der Waals surface area contributed by atoms with Crippen LogP contribution in [0.15, 0.2) is 53.4 Å². The number of thioether (sulfide) groups is 1. The monoisotopic (exact) mass is 400 g/mol. The predicted molar refractivity (Wildman–Crippen MR) is 107 cm³/mol. The zero-order valence-corrected chi connectivity index (χ0v) is 16.3. The van der Waals surface area contributed by atoms with Crippen molar-refractivity contribution < 1.29 is 23.9 Å². The van der Waals surface area contributed by atoms with Gasteiger partial charge in [-0.15, -0.1) is 11.8 Å². The van der Waals surface area contributed by atoms with Gasteiger partial charge >= 0.3 is 5.97 Å². The van der Waals surface area contributed by atoms with Gasteiger partial charge in [0.25, 0.3) is 11.5 Å². The van der Waals surface area contributed by atoms with E-state index in [1.54, 1.807) is 25.1 Å². The number of hydrogen-bond donors (Lipinski definition) is 2. The molecule has 0 aromatic heterocycles. The van der Waals surface area contributed by atoms with Crippen LogP contribution in [0.2, 0.25) is 0 Å². The van der Waals surface area contributed by atoms with E-state index in [1.807, 2.05) is 30.3 Å². The molecule has 146 valence electrons. The fourth-order valence-corrected chi connectivity index (χ4v) is 3.28. The van der Waals surface area contributed by atoms with Crippen LogP contribution in [-0.2, 0) is 19.1 Å². The van der Waals surface area contributed by atoms with Gasteiger partial charge < -0.3 is 20.1 Å². The Kier molecular flexibility index (Phi) is 5.89. The van der Waals surface area contributed by atoms with E-state index in [0.29, 0.717) is 11.4 Å². The molecule has 0 fully saturated rings. The second kappa shape index (κ2) is 8.35. The molecule has 1 atom stereocenters. The summed E-state index contributed by atoms with van der Waals surface area (Å²) >= 11 is 1.42. The number of ether oxygens (including phenoxy) is 2. The maximum Gasteiger partial charge on any atom is 0.360 e. The van der Waals surface area contributed by atoms with Gasteiger partial charge in [0.15, 0.2) is 0 Å². The zero-order chi connectivity index (χ0) is 20.1. The Balaban J connectivity index is 1.68. The standard InChI is InChI=1S/C20H20N2O5S/c1-3-26-19(25)20(2)18(24)22-15-10-9-13(11-16(15)27-20)21-17(23)12-28-14-7-5-4-6-8-14/h4-11H,3,12H2,1-2H3,(H,21,23)(H,22,24). The molecule has 1 unspecified atom stereocenters. The normalized spacial score (nSPS) is 17.7. The molecule has 1 heterocycles. The summed E-state index contributed by atoms with van der Waals surface area (Å²) in [5.74, 6) is -1.02. The smallest absolute Gasteiger partial charge is 0.360 e. The molecular formula is C20H20N2O5S. The van der Waals surface area contributed by atoms with Crippen molar-refractivity contribution in [3.8, 4) is 5.75 Å². The van der Waals surface area contributed by atoms with Crippen LogP contribution in [0.25, 0.3) is 0 Å². The minimum Gasteiger partial charge on any atom is -0.464 e. The Morgan fingerprint density at radius 2 is 1.96 bits per heavy atom. The maximum absolute atomic E-state index is 12.3. The first-order valence-corrected chi connectivity index (χ1v) is 9.70. The first-order chi connectivity index (χ1) is 13.4. The van der Waals surface area contributed by atoms with E-state index in [9.17, 15) is 14.4 Å². The summed E-state index contributed by atoms with van der Waals surface area (Å²) in [5, 5.41) is 5.42. The molecule has 2 N–H and O–H groups in total. The zero-order valence-electron chi connectivity index (χ0n) is 15.5. The van der Waals surface area contributed by atoms with E-state index in [4.69, 9.17) is 9.47 Å². The van der Waals surface area contributed by atoms with Gasteiger partial charge in [-0.25, -0.2) is 4.79 Å². The molecule has 0 radical (unpaired) electrons. The fraction of sp³-hybridized carbons (Fsp3) is 0.250. The summed E-state index contributed by atoms with van der Waals surface area (Å²) in [4.78, 5) is 37.6. The van der Waals surface area contributed by atoms with Crippen LogP contribution in [-0.4, -0.2) is 35.7 Å². The van der Waals surface area contributed by atoms with Gasteiger partial charge in [0.2, 0.25) is 5.91 Å². The number of fused-ring (bicyclic) bond motifs is 1. The third-order valence-electron chi connectivity index (χ3n) is 4.04. The Morgan fingerprint density at radius 1 is 1.21 bits per heavy atom. The second-order valence-electron chi connectivity index (χ2n) is 6.17. The Morgan fingerprint density at radius 3 is 2.68 bits per heavy atom. The molecular weight excluding hydrogens is 380 g/mol. The summed E-state index contributed by atoms with van der Waals surface area (Å²) in [6.07, 6.45) is 0. The van der Waals surface area contributed by atoms with E-state index in [2.05, 4.69) is 10.6 Å². The highest BCUT2D eigenvalue weighted by Crippen LogP contribution is 2.36. The average Bonchev–Trinajstić information content (AvgIpc) is 2.68. The van der Waals surface area contributed by atoms with Crippen LogP contribution in [0.1, 0.15) is 13.8 Å². The lowest BCUT2D eigenvalue weighted by molar-refractivity contribution is -0.165. The summed E-state index contributed by atoms with van der Waals surface area (Å²) in [6, 6.07) is 14.4. The van der Waals surface area contributed by atoms with Gasteiger partial charge in [0, 0.05) is 16.6 Å². The topological polar surface area (TPSA) is 93.7 Å². The number of carbonyl (C=O) groups excluding carboxylic acids is 3. The maximum atomic E-state index is 12.3. The summed E-state index contributed by atoms with van der Waals surface area (Å²) in [6.45, 7) is 3.13. The average molecular weight is 400 g/mol. The van der Waals surface area contributed by atoms with Crippen LogP contribution in [0.3, 0.4) is 0 Å². The molecule has 7 nitrogen and oxygen atoms in total. The second-order valence-corrected chi connectivity index (χ2v) is 7.22. The van der Waals surface area contributed by atoms with Crippen LogP contribution in [0.4, 0.5) is 11.4 Å². The molecule has 8 heteroatoms. The number of amides is 2. The minimum absolute atomic E-state index is 0.132. The quantitative estimate of drug-likeness (QED) is 0.440. The third-order valence-corrected chi connectivity index (χ3v) is 5.05. The lowest BCUT2D eigenvalue weighted by atomic mass is 10.0. The summed E-state index contributed by atoms with van der Waals surface area (Å²) in [7, 11) is 0. The highest BCUT2D eigenvalue weighted by molar-refractivity contribution is 8.00. The Hall–Kier alpha value is -3.00. The van der Waals surface area contributed by atoms with Crippen molar-refractivity contribution in [1.82, 2.24) is 0 Å². The fourth-order valence-electron chi connectivity index (χ4n) is 2.56. The van der Waals surface area contributed by atoms with Crippen LogP contribution >= 0.6 is 11.8 Å². The summed E-state index contributed by atoms with van der Waals surface area (Å²) < 4.78 is 10.6. The predicted octanol–water partition coefficient (Wildman–Crippen LogP) is 3.07. The molecule has 2 aromatic rings. The van der Waals surface area contributed by atoms with Gasteiger partial charge in [0.1, 0.15) is 5.75 Å². The van der Waals surface area contributed by atoms with Crippen molar-refractivity contribution in [1.29, 1.82) is 0 Å². The van der Waals surface area contributed by atoms with E-state index in [-0.39, 0.29) is 24.0 Å². The molecule has 2 aromatic carbocycles. The van der Waals surface area contributed by atoms with E-state index >= 15 is 0 Å². The van der Waals surface area contributed by atoms with E-state index < -0.39 is 17.5 Å². The van der Waals surface area contributed by atoms with Crippen LogP contribution < -0.4 is 15.4 Å². The minimum atomic E-state index is -1.78. The van der Waals surface area contributed by atoms with Crippen molar-refractivity contribution in [2.75, 3.05) is 23.0 Å². The molecule has 3 rings (SSSR count). The Bertz CT molecular complexity index is 903. The van der Waals surface area contributed by atoms with Crippen molar-refractivity contribution in [3.63, 3.8) is 0 Å².